The first-order valence-corrected chi connectivity index (χ1v) is 6.71. The van der Waals surface area contributed by atoms with E-state index in [1.165, 1.54) is 12.1 Å². The first-order chi connectivity index (χ1) is 9.47. The number of carboxylic acid groups (broad SMARTS) is 1. The van der Waals surface area contributed by atoms with Gasteiger partial charge in [-0.1, -0.05) is 46.9 Å². The minimum Gasteiger partial charge on any atom is -0.478 e. The Kier molecular flexibility index (Phi) is 4.76. The van der Waals surface area contributed by atoms with Crippen molar-refractivity contribution in [3.63, 3.8) is 0 Å². The van der Waals surface area contributed by atoms with Crippen molar-refractivity contribution in [2.45, 2.75) is 6.10 Å². The Bertz CT molecular complexity index is 626. The van der Waals surface area contributed by atoms with Crippen molar-refractivity contribution in [3.05, 3.63) is 63.1 Å². The van der Waals surface area contributed by atoms with E-state index in [0.717, 1.165) is 0 Å². The number of hydrogen-bond donors (Lipinski definition) is 1. The maximum atomic E-state index is 11.3. The Morgan fingerprint density at radius 1 is 1.00 bits per heavy atom. The maximum absolute atomic E-state index is 11.3. The van der Waals surface area contributed by atoms with Gasteiger partial charge in [-0.2, -0.15) is 0 Å². The number of aliphatic carboxylic acids is 1. The Hall–Kier alpha value is -1.42. The molecule has 0 aliphatic carbocycles. The van der Waals surface area contributed by atoms with E-state index in [9.17, 15) is 9.90 Å². The second kappa shape index (κ2) is 6.35. The van der Waals surface area contributed by atoms with Gasteiger partial charge in [0.2, 0.25) is 6.10 Å². The molecule has 0 aliphatic heterocycles. The molecule has 1 atom stereocenters. The molecule has 0 fully saturated rings. The number of rotatable bonds is 4. The van der Waals surface area contributed by atoms with Crippen molar-refractivity contribution in [2.24, 2.45) is 0 Å². The zero-order valence-electron chi connectivity index (χ0n) is 10.0. The lowest BCUT2D eigenvalue weighted by atomic mass is 10.1. The van der Waals surface area contributed by atoms with Crippen molar-refractivity contribution >= 4 is 40.8 Å². The molecule has 0 radical (unpaired) electrons. The van der Waals surface area contributed by atoms with Crippen LogP contribution in [0.5, 0.6) is 5.75 Å². The summed E-state index contributed by atoms with van der Waals surface area (Å²) in [5, 5.41) is 10.5. The predicted molar refractivity (Wildman–Crippen MR) is 78.9 cm³/mol. The summed E-state index contributed by atoms with van der Waals surface area (Å²) in [6, 6.07) is 11.0. The second-order valence-electron chi connectivity index (χ2n) is 3.96. The van der Waals surface area contributed by atoms with E-state index in [-0.39, 0.29) is 10.8 Å². The summed E-state index contributed by atoms with van der Waals surface area (Å²) < 4.78 is 5.45. The SMILES string of the molecule is O=C(O)[C@@H](Oc1ccc(Cl)cc1Cl)c1ccc(Cl)cc1. The lowest BCUT2D eigenvalue weighted by molar-refractivity contribution is -0.145. The van der Waals surface area contributed by atoms with Gasteiger partial charge in [-0.3, -0.25) is 0 Å². The highest BCUT2D eigenvalue weighted by atomic mass is 35.5. The minimum absolute atomic E-state index is 0.248. The van der Waals surface area contributed by atoms with Crippen LogP contribution in [-0.2, 0) is 4.79 Å². The topological polar surface area (TPSA) is 46.5 Å². The summed E-state index contributed by atoms with van der Waals surface area (Å²) in [7, 11) is 0. The number of hydrogen-bond acceptors (Lipinski definition) is 2. The van der Waals surface area contributed by atoms with E-state index in [1.54, 1.807) is 30.3 Å². The van der Waals surface area contributed by atoms with Gasteiger partial charge < -0.3 is 9.84 Å². The molecule has 0 spiro atoms. The highest BCUT2D eigenvalue weighted by molar-refractivity contribution is 6.35. The third kappa shape index (κ3) is 3.57. The lowest BCUT2D eigenvalue weighted by Crippen LogP contribution is -2.18. The molecule has 0 bridgehead atoms. The molecule has 0 unspecified atom stereocenters. The first-order valence-electron chi connectivity index (χ1n) is 5.57. The summed E-state index contributed by atoms with van der Waals surface area (Å²) >= 11 is 17.5. The minimum atomic E-state index is -1.18. The fourth-order valence-electron chi connectivity index (χ4n) is 1.60. The highest BCUT2D eigenvalue weighted by Crippen LogP contribution is 2.31. The van der Waals surface area contributed by atoms with Gasteiger partial charge in [0.1, 0.15) is 5.75 Å². The van der Waals surface area contributed by atoms with Crippen LogP contribution in [0.4, 0.5) is 0 Å². The molecular weight excluding hydrogens is 323 g/mol. The molecule has 0 heterocycles. The Morgan fingerprint density at radius 2 is 1.60 bits per heavy atom. The van der Waals surface area contributed by atoms with Crippen LogP contribution in [0.1, 0.15) is 11.7 Å². The predicted octanol–water partition coefficient (Wildman–Crippen LogP) is 4.85. The summed E-state index contributed by atoms with van der Waals surface area (Å²) in [6.45, 7) is 0. The van der Waals surface area contributed by atoms with Crippen LogP contribution in [0, 0.1) is 0 Å². The van der Waals surface area contributed by atoms with Crippen molar-refractivity contribution < 1.29 is 14.6 Å². The molecule has 0 amide bonds. The third-order valence-electron chi connectivity index (χ3n) is 2.54. The van der Waals surface area contributed by atoms with Gasteiger partial charge >= 0.3 is 5.97 Å². The molecule has 6 heteroatoms. The van der Waals surface area contributed by atoms with Crippen molar-refractivity contribution in [2.75, 3.05) is 0 Å². The van der Waals surface area contributed by atoms with E-state index < -0.39 is 12.1 Å². The normalized spacial score (nSPS) is 11.9. The molecule has 104 valence electrons. The van der Waals surface area contributed by atoms with Crippen LogP contribution in [0.25, 0.3) is 0 Å². The van der Waals surface area contributed by atoms with E-state index in [0.29, 0.717) is 15.6 Å². The number of benzene rings is 2. The van der Waals surface area contributed by atoms with Gasteiger partial charge in [-0.25, -0.2) is 4.79 Å². The van der Waals surface area contributed by atoms with Crippen molar-refractivity contribution in [1.82, 2.24) is 0 Å². The van der Waals surface area contributed by atoms with Gasteiger partial charge in [-0.05, 0) is 30.3 Å². The average molecular weight is 332 g/mol. The summed E-state index contributed by atoms with van der Waals surface area (Å²) in [4.78, 5) is 11.3. The van der Waals surface area contributed by atoms with Crippen LogP contribution >= 0.6 is 34.8 Å². The summed E-state index contributed by atoms with van der Waals surface area (Å²) in [5.41, 5.74) is 0.466. The maximum Gasteiger partial charge on any atom is 0.349 e. The third-order valence-corrected chi connectivity index (χ3v) is 3.32. The van der Waals surface area contributed by atoms with Gasteiger partial charge in [0.25, 0.3) is 0 Å². The Morgan fingerprint density at radius 3 is 2.15 bits per heavy atom. The molecule has 3 nitrogen and oxygen atoms in total. The molecule has 20 heavy (non-hydrogen) atoms. The van der Waals surface area contributed by atoms with Crippen molar-refractivity contribution in [3.8, 4) is 5.75 Å². The molecule has 0 aliphatic rings. The van der Waals surface area contributed by atoms with Crippen LogP contribution in [0.15, 0.2) is 42.5 Å². The average Bonchev–Trinajstić information content (AvgIpc) is 2.39. The second-order valence-corrected chi connectivity index (χ2v) is 5.24. The van der Waals surface area contributed by atoms with Gasteiger partial charge in [0.15, 0.2) is 0 Å². The van der Waals surface area contributed by atoms with Gasteiger partial charge in [0.05, 0.1) is 5.02 Å². The number of ether oxygens (including phenoxy) is 1. The van der Waals surface area contributed by atoms with E-state index >= 15 is 0 Å². The molecule has 2 aromatic rings. The summed E-state index contributed by atoms with van der Waals surface area (Å²) in [5.74, 6) is -0.878. The number of halogens is 3. The Balaban J connectivity index is 2.30. The fraction of sp³-hybridized carbons (Fsp3) is 0.0714. The van der Waals surface area contributed by atoms with Crippen molar-refractivity contribution in [1.29, 1.82) is 0 Å². The summed E-state index contributed by atoms with van der Waals surface area (Å²) in [6.07, 6.45) is -1.18. The lowest BCUT2D eigenvalue weighted by Gasteiger charge is -2.16. The molecule has 2 rings (SSSR count). The smallest absolute Gasteiger partial charge is 0.349 e. The molecule has 1 N–H and O–H groups in total. The van der Waals surface area contributed by atoms with Gasteiger partial charge in [-0.15, -0.1) is 0 Å². The number of carboxylic acids is 1. The molecule has 0 aromatic heterocycles. The quantitative estimate of drug-likeness (QED) is 0.871. The standard InChI is InChI=1S/C14H9Cl3O3/c15-9-3-1-8(2-4-9)13(14(18)19)20-12-6-5-10(16)7-11(12)17/h1-7,13H,(H,18,19)/t13-/m0/s1. The van der Waals surface area contributed by atoms with Gasteiger partial charge in [0, 0.05) is 15.6 Å². The fourth-order valence-corrected chi connectivity index (χ4v) is 2.18. The van der Waals surface area contributed by atoms with Crippen LogP contribution in [-0.4, -0.2) is 11.1 Å². The number of carbonyl (C=O) groups is 1. The monoisotopic (exact) mass is 330 g/mol. The van der Waals surface area contributed by atoms with E-state index in [2.05, 4.69) is 0 Å². The highest BCUT2D eigenvalue weighted by Gasteiger charge is 2.22. The molecular formula is C14H9Cl3O3. The largest absolute Gasteiger partial charge is 0.478 e. The van der Waals surface area contributed by atoms with Crippen LogP contribution < -0.4 is 4.74 Å². The molecule has 0 saturated heterocycles. The van der Waals surface area contributed by atoms with E-state index in [1.807, 2.05) is 0 Å². The Labute approximate surface area is 130 Å². The van der Waals surface area contributed by atoms with Crippen LogP contribution in [0.2, 0.25) is 15.1 Å². The van der Waals surface area contributed by atoms with Crippen LogP contribution in [0.3, 0.4) is 0 Å². The first kappa shape index (κ1) is 15.0. The molecule has 2 aromatic carbocycles. The van der Waals surface area contributed by atoms with E-state index in [4.69, 9.17) is 39.5 Å². The zero-order chi connectivity index (χ0) is 14.7. The molecule has 0 saturated carbocycles. The zero-order valence-corrected chi connectivity index (χ0v) is 12.3.